The molecule has 0 aliphatic heterocycles. The molecule has 0 aromatic heterocycles. The SMILES string of the molecule is COCNc1cc2c(cc1Cl)C(=O)C=CC2=O. The van der Waals surface area contributed by atoms with E-state index in [1.165, 1.54) is 25.3 Å². The van der Waals surface area contributed by atoms with E-state index in [4.69, 9.17) is 16.3 Å². The molecule has 88 valence electrons. The van der Waals surface area contributed by atoms with Crippen molar-refractivity contribution in [3.05, 3.63) is 40.4 Å². The summed E-state index contributed by atoms with van der Waals surface area (Å²) in [6.07, 6.45) is 2.52. The monoisotopic (exact) mass is 251 g/mol. The quantitative estimate of drug-likeness (QED) is 0.838. The zero-order chi connectivity index (χ0) is 12.4. The molecule has 1 N–H and O–H groups in total. The van der Waals surface area contributed by atoms with Gasteiger partial charge in [0.15, 0.2) is 11.6 Å². The van der Waals surface area contributed by atoms with E-state index in [2.05, 4.69) is 5.32 Å². The fourth-order valence-electron chi connectivity index (χ4n) is 1.60. The van der Waals surface area contributed by atoms with Gasteiger partial charge < -0.3 is 10.1 Å². The van der Waals surface area contributed by atoms with Crippen LogP contribution in [0.5, 0.6) is 0 Å². The van der Waals surface area contributed by atoms with Crippen LogP contribution in [0.4, 0.5) is 5.69 Å². The van der Waals surface area contributed by atoms with Crippen LogP contribution in [0.25, 0.3) is 0 Å². The highest BCUT2D eigenvalue weighted by molar-refractivity contribution is 6.34. The van der Waals surface area contributed by atoms with Crippen molar-refractivity contribution in [2.75, 3.05) is 19.2 Å². The van der Waals surface area contributed by atoms with Gasteiger partial charge in [-0.15, -0.1) is 0 Å². The number of nitrogens with one attached hydrogen (secondary N) is 1. The molecule has 17 heavy (non-hydrogen) atoms. The first kappa shape index (κ1) is 11.8. The number of hydrogen-bond acceptors (Lipinski definition) is 4. The van der Waals surface area contributed by atoms with Gasteiger partial charge in [-0.25, -0.2) is 0 Å². The molecule has 0 atom stereocenters. The molecule has 0 spiro atoms. The van der Waals surface area contributed by atoms with Crippen LogP contribution in [0.3, 0.4) is 0 Å². The van der Waals surface area contributed by atoms with E-state index in [-0.39, 0.29) is 18.3 Å². The average molecular weight is 252 g/mol. The molecule has 0 bridgehead atoms. The molecule has 0 saturated heterocycles. The highest BCUT2D eigenvalue weighted by atomic mass is 35.5. The lowest BCUT2D eigenvalue weighted by Crippen LogP contribution is -2.13. The number of benzene rings is 1. The van der Waals surface area contributed by atoms with Crippen molar-refractivity contribution >= 4 is 28.9 Å². The predicted molar refractivity (Wildman–Crippen MR) is 64.8 cm³/mol. The Bertz CT molecular complexity index is 523. The number of fused-ring (bicyclic) bond motifs is 1. The third-order valence-corrected chi connectivity index (χ3v) is 2.74. The minimum atomic E-state index is -0.209. The van der Waals surface area contributed by atoms with E-state index >= 15 is 0 Å². The second-order valence-electron chi connectivity index (χ2n) is 3.55. The normalized spacial score (nSPS) is 13.8. The van der Waals surface area contributed by atoms with Gasteiger partial charge >= 0.3 is 0 Å². The van der Waals surface area contributed by atoms with Crippen LogP contribution in [0.2, 0.25) is 5.02 Å². The number of rotatable bonds is 3. The first-order chi connectivity index (χ1) is 8.13. The lowest BCUT2D eigenvalue weighted by molar-refractivity contribution is 0.0994. The van der Waals surface area contributed by atoms with Gasteiger partial charge in [0.1, 0.15) is 6.73 Å². The molecular weight excluding hydrogens is 242 g/mol. The van der Waals surface area contributed by atoms with Crippen LogP contribution in [0.15, 0.2) is 24.3 Å². The molecule has 0 unspecified atom stereocenters. The van der Waals surface area contributed by atoms with Crippen molar-refractivity contribution in [3.63, 3.8) is 0 Å². The summed E-state index contributed by atoms with van der Waals surface area (Å²) in [5.74, 6) is -0.406. The number of ether oxygens (including phenoxy) is 1. The zero-order valence-corrected chi connectivity index (χ0v) is 9.88. The minimum absolute atomic E-state index is 0.197. The second-order valence-corrected chi connectivity index (χ2v) is 3.96. The summed E-state index contributed by atoms with van der Waals surface area (Å²) in [5, 5.41) is 3.29. The lowest BCUT2D eigenvalue weighted by atomic mass is 9.94. The maximum Gasteiger partial charge on any atom is 0.186 e. The number of anilines is 1. The average Bonchev–Trinajstić information content (AvgIpc) is 2.32. The summed E-state index contributed by atoms with van der Waals surface area (Å²) in [7, 11) is 1.54. The molecule has 4 nitrogen and oxygen atoms in total. The molecule has 1 aliphatic carbocycles. The number of ketones is 2. The van der Waals surface area contributed by atoms with Gasteiger partial charge in [0.25, 0.3) is 0 Å². The van der Waals surface area contributed by atoms with E-state index in [9.17, 15) is 9.59 Å². The van der Waals surface area contributed by atoms with Gasteiger partial charge in [-0.2, -0.15) is 0 Å². The smallest absolute Gasteiger partial charge is 0.186 e. The molecule has 1 aromatic carbocycles. The third-order valence-electron chi connectivity index (χ3n) is 2.43. The van der Waals surface area contributed by atoms with E-state index in [1.807, 2.05) is 0 Å². The Morgan fingerprint density at radius 3 is 2.35 bits per heavy atom. The van der Waals surface area contributed by atoms with E-state index in [0.29, 0.717) is 21.8 Å². The Labute approximate surface area is 103 Å². The molecule has 1 aromatic rings. The first-order valence-corrected chi connectivity index (χ1v) is 5.34. The van der Waals surface area contributed by atoms with E-state index < -0.39 is 0 Å². The number of methoxy groups -OCH3 is 1. The van der Waals surface area contributed by atoms with Gasteiger partial charge in [-0.3, -0.25) is 9.59 Å². The number of carbonyl (C=O) groups excluding carboxylic acids is 2. The Morgan fingerprint density at radius 2 is 1.76 bits per heavy atom. The van der Waals surface area contributed by atoms with Gasteiger partial charge in [0, 0.05) is 18.2 Å². The molecule has 0 radical (unpaired) electrons. The largest absolute Gasteiger partial charge is 0.365 e. The summed E-state index contributed by atoms with van der Waals surface area (Å²) in [6.45, 7) is 0.274. The van der Waals surface area contributed by atoms with Gasteiger partial charge in [-0.1, -0.05) is 11.6 Å². The number of allylic oxidation sites excluding steroid dienone is 2. The van der Waals surface area contributed by atoms with Gasteiger partial charge in [0.2, 0.25) is 0 Å². The summed E-state index contributed by atoms with van der Waals surface area (Å²) in [5.41, 5.74) is 1.27. The van der Waals surface area contributed by atoms with Gasteiger partial charge in [0.05, 0.1) is 10.7 Å². The van der Waals surface area contributed by atoms with Crippen molar-refractivity contribution in [2.24, 2.45) is 0 Å². The zero-order valence-electron chi connectivity index (χ0n) is 9.12. The Kier molecular flexibility index (Phi) is 3.26. The molecule has 5 heteroatoms. The fourth-order valence-corrected chi connectivity index (χ4v) is 1.83. The topological polar surface area (TPSA) is 55.4 Å². The third kappa shape index (κ3) is 2.23. The van der Waals surface area contributed by atoms with Crippen LogP contribution in [-0.2, 0) is 4.74 Å². The van der Waals surface area contributed by atoms with E-state index in [1.54, 1.807) is 6.07 Å². The molecule has 0 heterocycles. The second kappa shape index (κ2) is 4.69. The number of halogens is 1. The summed E-state index contributed by atoms with van der Waals surface area (Å²) < 4.78 is 4.86. The summed E-state index contributed by atoms with van der Waals surface area (Å²) in [4.78, 5) is 23.2. The molecule has 1 aliphatic rings. The van der Waals surface area contributed by atoms with Crippen LogP contribution in [-0.4, -0.2) is 25.4 Å². The number of hydrogen-bond donors (Lipinski definition) is 1. The predicted octanol–water partition coefficient (Wildman–Crippen LogP) is 2.29. The highest BCUT2D eigenvalue weighted by Gasteiger charge is 2.20. The van der Waals surface area contributed by atoms with Crippen LogP contribution < -0.4 is 5.32 Å². The Hall–Kier alpha value is -1.65. The first-order valence-electron chi connectivity index (χ1n) is 4.96. The molecule has 0 amide bonds. The molecular formula is C12H10ClNO3. The van der Waals surface area contributed by atoms with E-state index in [0.717, 1.165) is 0 Å². The maximum atomic E-state index is 11.6. The van der Waals surface area contributed by atoms with Crippen LogP contribution in [0, 0.1) is 0 Å². The molecule has 2 rings (SSSR count). The highest BCUT2D eigenvalue weighted by Crippen LogP contribution is 2.28. The Balaban J connectivity index is 2.46. The number of carbonyl (C=O) groups is 2. The molecule has 0 saturated carbocycles. The van der Waals surface area contributed by atoms with Crippen molar-refractivity contribution in [1.29, 1.82) is 0 Å². The van der Waals surface area contributed by atoms with Crippen molar-refractivity contribution in [3.8, 4) is 0 Å². The van der Waals surface area contributed by atoms with Crippen LogP contribution in [0.1, 0.15) is 20.7 Å². The van der Waals surface area contributed by atoms with Crippen molar-refractivity contribution in [2.45, 2.75) is 0 Å². The minimum Gasteiger partial charge on any atom is -0.365 e. The van der Waals surface area contributed by atoms with Crippen LogP contribution >= 0.6 is 11.6 Å². The summed E-state index contributed by atoms with van der Waals surface area (Å²) in [6, 6.07) is 3.07. The fraction of sp³-hybridized carbons (Fsp3) is 0.167. The standard InChI is InChI=1S/C12H10ClNO3/c1-17-6-14-10-5-8-7(4-9(10)13)11(15)2-3-12(8)16/h2-5,14H,6H2,1H3. The maximum absolute atomic E-state index is 11.6. The van der Waals surface area contributed by atoms with Crippen molar-refractivity contribution in [1.82, 2.24) is 0 Å². The lowest BCUT2D eigenvalue weighted by Gasteiger charge is -2.13. The van der Waals surface area contributed by atoms with Gasteiger partial charge in [-0.05, 0) is 24.3 Å². The summed E-state index contributed by atoms with van der Waals surface area (Å²) >= 11 is 6.00. The molecule has 0 fully saturated rings. The van der Waals surface area contributed by atoms with Crippen molar-refractivity contribution < 1.29 is 14.3 Å². The Morgan fingerprint density at radius 1 is 1.18 bits per heavy atom.